The van der Waals surface area contributed by atoms with E-state index < -0.39 is 0 Å². The van der Waals surface area contributed by atoms with E-state index in [-0.39, 0.29) is 6.04 Å². The molecule has 1 atom stereocenters. The van der Waals surface area contributed by atoms with Gasteiger partial charge in [0.1, 0.15) is 0 Å². The molecule has 2 aromatic rings. The summed E-state index contributed by atoms with van der Waals surface area (Å²) in [6, 6.07) is 15.0. The van der Waals surface area contributed by atoms with Crippen LogP contribution >= 0.6 is 31.9 Å². The van der Waals surface area contributed by atoms with E-state index >= 15 is 0 Å². The Kier molecular flexibility index (Phi) is 5.20. The zero-order valence-corrected chi connectivity index (χ0v) is 14.3. The van der Waals surface area contributed by atoms with E-state index in [4.69, 9.17) is 0 Å². The van der Waals surface area contributed by atoms with E-state index in [1.165, 1.54) is 16.7 Å². The topological polar surface area (TPSA) is 12.0 Å². The number of benzene rings is 2. The number of rotatable bonds is 4. The predicted molar refractivity (Wildman–Crippen MR) is 88.5 cm³/mol. The van der Waals surface area contributed by atoms with Gasteiger partial charge in [-0.2, -0.15) is 0 Å². The maximum absolute atomic E-state index is 3.66. The molecule has 2 rings (SSSR count). The molecule has 0 amide bonds. The van der Waals surface area contributed by atoms with Crippen molar-refractivity contribution in [3.8, 4) is 0 Å². The van der Waals surface area contributed by atoms with E-state index in [2.05, 4.69) is 93.5 Å². The Labute approximate surface area is 131 Å². The van der Waals surface area contributed by atoms with Crippen LogP contribution in [0.4, 0.5) is 0 Å². The molecule has 0 saturated heterocycles. The first kappa shape index (κ1) is 14.8. The Morgan fingerprint density at radius 3 is 2.47 bits per heavy atom. The highest BCUT2D eigenvalue weighted by atomic mass is 79.9. The fraction of sp³-hybridized carbons (Fsp3) is 0.250. The number of halogens is 2. The van der Waals surface area contributed by atoms with Crippen LogP contribution in [0.2, 0.25) is 0 Å². The van der Waals surface area contributed by atoms with Crippen molar-refractivity contribution in [2.45, 2.75) is 19.9 Å². The minimum Gasteiger partial charge on any atom is -0.306 e. The largest absolute Gasteiger partial charge is 0.306 e. The average molecular weight is 383 g/mol. The Hall–Kier alpha value is -0.640. The van der Waals surface area contributed by atoms with Crippen molar-refractivity contribution < 1.29 is 0 Å². The summed E-state index contributed by atoms with van der Waals surface area (Å²) in [6.45, 7) is 5.22. The Morgan fingerprint density at radius 1 is 1.05 bits per heavy atom. The summed E-state index contributed by atoms with van der Waals surface area (Å²) in [5, 5.41) is 3.57. The van der Waals surface area contributed by atoms with Crippen molar-refractivity contribution in [1.29, 1.82) is 0 Å². The lowest BCUT2D eigenvalue weighted by Gasteiger charge is -2.22. The molecule has 1 unspecified atom stereocenters. The Bertz CT molecular complexity index is 566. The highest BCUT2D eigenvalue weighted by molar-refractivity contribution is 9.11. The summed E-state index contributed by atoms with van der Waals surface area (Å²) in [4.78, 5) is 0. The van der Waals surface area contributed by atoms with Crippen LogP contribution in [0.1, 0.15) is 29.7 Å². The molecule has 0 spiro atoms. The lowest BCUT2D eigenvalue weighted by molar-refractivity contribution is 0.625. The first-order valence-electron chi connectivity index (χ1n) is 6.37. The molecule has 3 heteroatoms. The normalized spacial score (nSPS) is 12.4. The first-order chi connectivity index (χ1) is 9.13. The molecule has 0 bridgehead atoms. The van der Waals surface area contributed by atoms with Crippen LogP contribution in [0.25, 0.3) is 0 Å². The number of hydrogen-bond donors (Lipinski definition) is 1. The maximum Gasteiger partial charge on any atom is 0.0590 e. The number of aryl methyl sites for hydroxylation is 1. The van der Waals surface area contributed by atoms with Gasteiger partial charge in [0.2, 0.25) is 0 Å². The molecule has 1 N–H and O–H groups in total. The average Bonchev–Trinajstić information content (AvgIpc) is 2.40. The van der Waals surface area contributed by atoms with Crippen LogP contribution in [0.3, 0.4) is 0 Å². The van der Waals surface area contributed by atoms with Crippen LogP contribution in [0, 0.1) is 6.92 Å². The molecular formula is C16H17Br2N. The van der Waals surface area contributed by atoms with Crippen molar-refractivity contribution in [2.24, 2.45) is 0 Å². The molecule has 0 aliphatic carbocycles. The van der Waals surface area contributed by atoms with Gasteiger partial charge in [-0.15, -0.1) is 0 Å². The third-order valence-corrected chi connectivity index (χ3v) is 4.39. The standard InChI is InChI=1S/C16H17Br2N/c1-3-19-16(13-7-5-4-6-11(13)2)14-10-12(17)8-9-15(14)18/h4-10,16,19H,3H2,1-2H3. The fourth-order valence-corrected chi connectivity index (χ4v) is 3.09. The smallest absolute Gasteiger partial charge is 0.0590 e. The zero-order chi connectivity index (χ0) is 13.8. The van der Waals surface area contributed by atoms with Gasteiger partial charge < -0.3 is 5.32 Å². The molecule has 2 aromatic carbocycles. The first-order valence-corrected chi connectivity index (χ1v) is 7.96. The van der Waals surface area contributed by atoms with Gasteiger partial charge in [0.15, 0.2) is 0 Å². The van der Waals surface area contributed by atoms with Crippen LogP contribution in [0.5, 0.6) is 0 Å². The summed E-state index contributed by atoms with van der Waals surface area (Å²) in [7, 11) is 0. The Balaban J connectivity index is 2.51. The van der Waals surface area contributed by atoms with Gasteiger partial charge in [0.25, 0.3) is 0 Å². The molecule has 0 aliphatic rings. The fourth-order valence-electron chi connectivity index (χ4n) is 2.24. The lowest BCUT2D eigenvalue weighted by atomic mass is 9.95. The molecule has 0 radical (unpaired) electrons. The van der Waals surface area contributed by atoms with E-state index in [0.29, 0.717) is 0 Å². The molecule has 0 heterocycles. The van der Waals surface area contributed by atoms with Gasteiger partial charge in [-0.05, 0) is 48.4 Å². The molecule has 19 heavy (non-hydrogen) atoms. The minimum atomic E-state index is 0.207. The number of hydrogen-bond acceptors (Lipinski definition) is 1. The summed E-state index contributed by atoms with van der Waals surface area (Å²) in [5.41, 5.74) is 3.88. The summed E-state index contributed by atoms with van der Waals surface area (Å²) in [5.74, 6) is 0. The van der Waals surface area contributed by atoms with Crippen LogP contribution in [-0.4, -0.2) is 6.54 Å². The number of nitrogens with one attached hydrogen (secondary N) is 1. The van der Waals surface area contributed by atoms with E-state index in [9.17, 15) is 0 Å². The SMILES string of the molecule is CCNC(c1ccccc1C)c1cc(Br)ccc1Br. The molecule has 0 saturated carbocycles. The van der Waals surface area contributed by atoms with Gasteiger partial charge in [-0.3, -0.25) is 0 Å². The van der Waals surface area contributed by atoms with Gasteiger partial charge in [-0.25, -0.2) is 0 Å². The van der Waals surface area contributed by atoms with Gasteiger partial charge >= 0.3 is 0 Å². The second kappa shape index (κ2) is 6.69. The van der Waals surface area contributed by atoms with Crippen LogP contribution < -0.4 is 5.32 Å². The van der Waals surface area contributed by atoms with E-state index in [1.807, 2.05) is 0 Å². The van der Waals surface area contributed by atoms with E-state index in [1.54, 1.807) is 0 Å². The molecule has 100 valence electrons. The van der Waals surface area contributed by atoms with Crippen LogP contribution in [-0.2, 0) is 0 Å². The third kappa shape index (κ3) is 3.47. The summed E-state index contributed by atoms with van der Waals surface area (Å²) in [6.07, 6.45) is 0. The molecule has 1 nitrogen and oxygen atoms in total. The highest BCUT2D eigenvalue weighted by Crippen LogP contribution is 2.32. The van der Waals surface area contributed by atoms with Crippen molar-refractivity contribution in [3.63, 3.8) is 0 Å². The Morgan fingerprint density at radius 2 is 1.79 bits per heavy atom. The lowest BCUT2D eigenvalue weighted by Crippen LogP contribution is -2.23. The molecule has 0 aliphatic heterocycles. The predicted octanol–water partition coefficient (Wildman–Crippen LogP) is 5.22. The van der Waals surface area contributed by atoms with Gasteiger partial charge in [0.05, 0.1) is 6.04 Å². The van der Waals surface area contributed by atoms with Gasteiger partial charge in [0, 0.05) is 8.95 Å². The summed E-state index contributed by atoms with van der Waals surface area (Å²) < 4.78 is 2.23. The monoisotopic (exact) mass is 381 g/mol. The molecular weight excluding hydrogens is 366 g/mol. The molecule has 0 aromatic heterocycles. The summed E-state index contributed by atoms with van der Waals surface area (Å²) >= 11 is 7.22. The second-order valence-electron chi connectivity index (χ2n) is 4.51. The van der Waals surface area contributed by atoms with Crippen molar-refractivity contribution in [1.82, 2.24) is 5.32 Å². The third-order valence-electron chi connectivity index (χ3n) is 3.18. The highest BCUT2D eigenvalue weighted by Gasteiger charge is 2.17. The quantitative estimate of drug-likeness (QED) is 0.764. The van der Waals surface area contributed by atoms with Crippen molar-refractivity contribution >= 4 is 31.9 Å². The molecule has 0 fully saturated rings. The van der Waals surface area contributed by atoms with E-state index in [0.717, 1.165) is 15.5 Å². The van der Waals surface area contributed by atoms with Gasteiger partial charge in [-0.1, -0.05) is 63.0 Å². The zero-order valence-electron chi connectivity index (χ0n) is 11.1. The minimum absolute atomic E-state index is 0.207. The van der Waals surface area contributed by atoms with Crippen molar-refractivity contribution in [3.05, 3.63) is 68.1 Å². The van der Waals surface area contributed by atoms with Crippen molar-refractivity contribution in [2.75, 3.05) is 6.54 Å². The maximum atomic E-state index is 3.66. The van der Waals surface area contributed by atoms with Crippen LogP contribution in [0.15, 0.2) is 51.4 Å². The second-order valence-corrected chi connectivity index (χ2v) is 6.28.